The zero-order chi connectivity index (χ0) is 17.6. The topological polar surface area (TPSA) is 59.2 Å². The van der Waals surface area contributed by atoms with E-state index >= 15 is 0 Å². The van der Waals surface area contributed by atoms with Crippen molar-refractivity contribution in [3.05, 3.63) is 24.2 Å². The van der Waals surface area contributed by atoms with E-state index in [2.05, 4.69) is 10.2 Å². The quantitative estimate of drug-likeness (QED) is 0.644. The molecular formula is C20H31N3O3. The SMILES string of the molecule is c1coc(CCN=C(NC2CCOCC2)N2CCC(C3CCOC3)C2)c1. The van der Waals surface area contributed by atoms with Gasteiger partial charge in [-0.15, -0.1) is 0 Å². The van der Waals surface area contributed by atoms with Crippen LogP contribution in [0.5, 0.6) is 0 Å². The van der Waals surface area contributed by atoms with Crippen molar-refractivity contribution in [3.8, 4) is 0 Å². The van der Waals surface area contributed by atoms with Crippen LogP contribution in [0.4, 0.5) is 0 Å². The van der Waals surface area contributed by atoms with E-state index < -0.39 is 0 Å². The molecule has 6 nitrogen and oxygen atoms in total. The van der Waals surface area contributed by atoms with Crippen LogP contribution in [0.3, 0.4) is 0 Å². The van der Waals surface area contributed by atoms with Gasteiger partial charge >= 0.3 is 0 Å². The number of nitrogens with one attached hydrogen (secondary N) is 1. The van der Waals surface area contributed by atoms with Gasteiger partial charge in [0.25, 0.3) is 0 Å². The molecule has 1 aromatic heterocycles. The van der Waals surface area contributed by atoms with Crippen LogP contribution in [0.1, 0.15) is 31.4 Å². The molecule has 0 saturated carbocycles. The van der Waals surface area contributed by atoms with Crippen LogP contribution in [-0.2, 0) is 15.9 Å². The lowest BCUT2D eigenvalue weighted by atomic mass is 9.91. The maximum Gasteiger partial charge on any atom is 0.194 e. The lowest BCUT2D eigenvalue weighted by Crippen LogP contribution is -2.47. The van der Waals surface area contributed by atoms with Crippen LogP contribution in [0, 0.1) is 11.8 Å². The van der Waals surface area contributed by atoms with Gasteiger partial charge in [0.05, 0.1) is 6.26 Å². The molecule has 1 N–H and O–H groups in total. The number of rotatable bonds is 5. The van der Waals surface area contributed by atoms with Crippen LogP contribution in [0.2, 0.25) is 0 Å². The van der Waals surface area contributed by atoms with E-state index in [1.54, 1.807) is 6.26 Å². The Morgan fingerprint density at radius 2 is 2.00 bits per heavy atom. The Kier molecular flexibility index (Phi) is 6.12. The molecule has 6 heteroatoms. The van der Waals surface area contributed by atoms with Gasteiger partial charge in [-0.05, 0) is 49.7 Å². The highest BCUT2D eigenvalue weighted by atomic mass is 16.5. The molecule has 0 aliphatic carbocycles. The molecule has 2 unspecified atom stereocenters. The van der Waals surface area contributed by atoms with Gasteiger partial charge in [-0.25, -0.2) is 0 Å². The van der Waals surface area contributed by atoms with Crippen LogP contribution in [0.15, 0.2) is 27.8 Å². The summed E-state index contributed by atoms with van der Waals surface area (Å²) < 4.78 is 16.5. The van der Waals surface area contributed by atoms with Gasteiger partial charge in [0, 0.05) is 58.5 Å². The zero-order valence-electron chi connectivity index (χ0n) is 15.6. The van der Waals surface area contributed by atoms with Gasteiger partial charge in [-0.2, -0.15) is 0 Å². The van der Waals surface area contributed by atoms with Crippen LogP contribution < -0.4 is 5.32 Å². The average Bonchev–Trinajstić information content (AvgIpc) is 3.42. The fourth-order valence-corrected chi connectivity index (χ4v) is 4.28. The number of hydrogen-bond acceptors (Lipinski definition) is 4. The Labute approximate surface area is 155 Å². The lowest BCUT2D eigenvalue weighted by molar-refractivity contribution is 0.0816. The fourth-order valence-electron chi connectivity index (χ4n) is 4.28. The summed E-state index contributed by atoms with van der Waals surface area (Å²) in [6.45, 7) is 6.52. The van der Waals surface area contributed by atoms with Crippen molar-refractivity contribution in [2.45, 2.75) is 38.1 Å². The van der Waals surface area contributed by atoms with Gasteiger partial charge in [-0.1, -0.05) is 0 Å². The number of guanidine groups is 1. The third-order valence-electron chi connectivity index (χ3n) is 5.91. The fraction of sp³-hybridized carbons (Fsp3) is 0.750. The molecule has 2 atom stereocenters. The van der Waals surface area contributed by atoms with Gasteiger partial charge in [0.1, 0.15) is 5.76 Å². The molecule has 0 spiro atoms. The summed E-state index contributed by atoms with van der Waals surface area (Å²) in [4.78, 5) is 7.39. The van der Waals surface area contributed by atoms with E-state index in [0.717, 1.165) is 88.9 Å². The molecule has 3 aliphatic rings. The molecule has 0 bridgehead atoms. The maximum absolute atomic E-state index is 5.60. The van der Waals surface area contributed by atoms with Gasteiger partial charge in [0.15, 0.2) is 5.96 Å². The largest absolute Gasteiger partial charge is 0.469 e. The summed E-state index contributed by atoms with van der Waals surface area (Å²) in [5.41, 5.74) is 0. The monoisotopic (exact) mass is 361 g/mol. The molecule has 0 amide bonds. The summed E-state index contributed by atoms with van der Waals surface area (Å²) in [7, 11) is 0. The molecule has 144 valence electrons. The van der Waals surface area contributed by atoms with Crippen molar-refractivity contribution in [2.75, 3.05) is 46.1 Å². The first-order valence-electron chi connectivity index (χ1n) is 10.1. The summed E-state index contributed by atoms with van der Waals surface area (Å²) in [5.74, 6) is 3.54. The number of nitrogens with zero attached hydrogens (tertiary/aromatic N) is 2. The maximum atomic E-state index is 5.60. The van der Waals surface area contributed by atoms with Gasteiger partial charge < -0.3 is 24.1 Å². The van der Waals surface area contributed by atoms with Crippen molar-refractivity contribution >= 4 is 5.96 Å². The van der Waals surface area contributed by atoms with Crippen molar-refractivity contribution in [1.82, 2.24) is 10.2 Å². The molecule has 26 heavy (non-hydrogen) atoms. The minimum atomic E-state index is 0.472. The van der Waals surface area contributed by atoms with Crippen LogP contribution in [-0.4, -0.2) is 63.0 Å². The third-order valence-corrected chi connectivity index (χ3v) is 5.91. The Bertz CT molecular complexity index is 563. The predicted molar refractivity (Wildman–Crippen MR) is 100 cm³/mol. The highest BCUT2D eigenvalue weighted by molar-refractivity contribution is 5.80. The van der Waals surface area contributed by atoms with E-state index in [9.17, 15) is 0 Å². The first-order chi connectivity index (χ1) is 12.9. The second-order valence-corrected chi connectivity index (χ2v) is 7.68. The normalized spacial score (nSPS) is 28.0. The van der Waals surface area contributed by atoms with Crippen molar-refractivity contribution < 1.29 is 13.9 Å². The summed E-state index contributed by atoms with van der Waals surface area (Å²) in [6.07, 6.45) is 7.17. The van der Waals surface area contributed by atoms with E-state index in [4.69, 9.17) is 18.9 Å². The Balaban J connectivity index is 1.37. The zero-order valence-corrected chi connectivity index (χ0v) is 15.6. The number of hydrogen-bond donors (Lipinski definition) is 1. The van der Waals surface area contributed by atoms with Gasteiger partial charge in [0.2, 0.25) is 0 Å². The molecule has 4 rings (SSSR count). The Hall–Kier alpha value is -1.53. The van der Waals surface area contributed by atoms with Crippen molar-refractivity contribution in [3.63, 3.8) is 0 Å². The molecule has 0 radical (unpaired) electrons. The third kappa shape index (κ3) is 4.60. The van der Waals surface area contributed by atoms with Crippen molar-refractivity contribution in [1.29, 1.82) is 0 Å². The molecule has 0 aromatic carbocycles. The second kappa shape index (κ2) is 8.91. The van der Waals surface area contributed by atoms with Crippen molar-refractivity contribution in [2.24, 2.45) is 16.8 Å². The minimum absolute atomic E-state index is 0.472. The standard InChI is InChI=1S/C20H31N3O3/c1-2-19(26-10-1)3-8-21-20(22-18-6-12-24-13-7-18)23-9-4-16(14-23)17-5-11-25-15-17/h1-2,10,16-18H,3-9,11-15H2,(H,21,22). The highest BCUT2D eigenvalue weighted by Crippen LogP contribution is 2.30. The molecule has 1 aromatic rings. The molecule has 3 saturated heterocycles. The number of ether oxygens (including phenoxy) is 2. The van der Waals surface area contributed by atoms with Crippen LogP contribution in [0.25, 0.3) is 0 Å². The van der Waals surface area contributed by atoms with E-state index in [0.29, 0.717) is 6.04 Å². The second-order valence-electron chi connectivity index (χ2n) is 7.68. The number of likely N-dealkylation sites (tertiary alicyclic amines) is 1. The minimum Gasteiger partial charge on any atom is -0.469 e. The van der Waals surface area contributed by atoms with E-state index in [1.165, 1.54) is 12.8 Å². The Morgan fingerprint density at radius 1 is 1.12 bits per heavy atom. The predicted octanol–water partition coefficient (Wildman–Crippen LogP) is 2.31. The summed E-state index contributed by atoms with van der Waals surface area (Å²) >= 11 is 0. The summed E-state index contributed by atoms with van der Waals surface area (Å²) in [6, 6.07) is 4.43. The molecule has 4 heterocycles. The Morgan fingerprint density at radius 3 is 2.77 bits per heavy atom. The number of furan rings is 1. The lowest BCUT2D eigenvalue weighted by Gasteiger charge is -2.29. The molecular weight excluding hydrogens is 330 g/mol. The van der Waals surface area contributed by atoms with Gasteiger partial charge in [-0.3, -0.25) is 4.99 Å². The first kappa shape index (κ1) is 17.9. The summed E-state index contributed by atoms with van der Waals surface area (Å²) in [5, 5.41) is 3.72. The first-order valence-corrected chi connectivity index (χ1v) is 10.1. The average molecular weight is 361 g/mol. The smallest absolute Gasteiger partial charge is 0.194 e. The van der Waals surface area contributed by atoms with E-state index in [-0.39, 0.29) is 0 Å². The van der Waals surface area contributed by atoms with E-state index in [1.807, 2.05) is 12.1 Å². The molecule has 3 aliphatic heterocycles. The van der Waals surface area contributed by atoms with Crippen LogP contribution >= 0.6 is 0 Å². The molecule has 3 fully saturated rings. The number of aliphatic imine (C=N–C) groups is 1. The highest BCUT2D eigenvalue weighted by Gasteiger charge is 2.33.